The Balaban J connectivity index is 1.94. The minimum atomic E-state index is -0.273. The molecule has 0 fully saturated rings. The zero-order chi connectivity index (χ0) is 15.1. The van der Waals surface area contributed by atoms with Crippen molar-refractivity contribution in [3.8, 4) is 0 Å². The fraction of sp³-hybridized carbons (Fsp3) is 0.333. The van der Waals surface area contributed by atoms with E-state index in [0.717, 1.165) is 24.8 Å². The van der Waals surface area contributed by atoms with Crippen LogP contribution in [0.25, 0.3) is 0 Å². The van der Waals surface area contributed by atoms with Gasteiger partial charge < -0.3 is 5.73 Å². The molecule has 3 nitrogen and oxygen atoms in total. The molecule has 1 aromatic carbocycles. The van der Waals surface area contributed by atoms with E-state index in [-0.39, 0.29) is 5.91 Å². The van der Waals surface area contributed by atoms with Gasteiger partial charge in [-0.15, -0.1) is 0 Å². The molecule has 0 bridgehead atoms. The zero-order valence-electron chi connectivity index (χ0n) is 12.5. The lowest BCUT2D eigenvalue weighted by atomic mass is 9.90. The van der Waals surface area contributed by atoms with Gasteiger partial charge in [0.05, 0.1) is 6.42 Å². The Morgan fingerprint density at radius 3 is 2.76 bits per heavy atom. The summed E-state index contributed by atoms with van der Waals surface area (Å²) in [5.74, 6) is 0.155. The van der Waals surface area contributed by atoms with E-state index in [0.29, 0.717) is 12.3 Å². The molecule has 3 heteroatoms. The molecule has 0 aliphatic heterocycles. The second-order valence-corrected chi connectivity index (χ2v) is 5.50. The zero-order valence-corrected chi connectivity index (χ0v) is 12.5. The largest absolute Gasteiger partial charge is 0.369 e. The Morgan fingerprint density at radius 2 is 2.05 bits per heavy atom. The molecule has 1 aromatic heterocycles. The summed E-state index contributed by atoms with van der Waals surface area (Å²) in [7, 11) is 0. The van der Waals surface area contributed by atoms with E-state index in [1.807, 2.05) is 30.5 Å². The van der Waals surface area contributed by atoms with E-state index in [1.165, 1.54) is 11.1 Å². The first-order valence-electron chi connectivity index (χ1n) is 7.42. The highest BCUT2D eigenvalue weighted by atomic mass is 16.1. The molecule has 21 heavy (non-hydrogen) atoms. The lowest BCUT2D eigenvalue weighted by molar-refractivity contribution is -0.117. The molecule has 1 amide bonds. The molecule has 2 aromatic rings. The smallest absolute Gasteiger partial charge is 0.221 e. The first-order chi connectivity index (χ1) is 10.2. The maximum absolute atomic E-state index is 11.2. The number of nitrogens with zero attached hydrogens (tertiary/aromatic N) is 1. The van der Waals surface area contributed by atoms with E-state index in [2.05, 4.69) is 24.0 Å². The summed E-state index contributed by atoms with van der Waals surface area (Å²) in [6.07, 6.45) is 7.28. The van der Waals surface area contributed by atoms with Gasteiger partial charge in [-0.1, -0.05) is 37.3 Å². The molecule has 110 valence electrons. The standard InChI is InChI=1S/C18H22N2O/c1-14(6-4-7-15-8-5-11-20-13-15)17-10-3-2-9-16(17)12-18(19)21/h2-3,5,8-11,13-14H,4,6-7,12H2,1H3,(H2,19,21). The number of benzene rings is 1. The van der Waals surface area contributed by atoms with Gasteiger partial charge >= 0.3 is 0 Å². The number of pyridine rings is 1. The number of hydrogen-bond acceptors (Lipinski definition) is 2. The van der Waals surface area contributed by atoms with Crippen molar-refractivity contribution in [1.29, 1.82) is 0 Å². The van der Waals surface area contributed by atoms with Gasteiger partial charge in [-0.2, -0.15) is 0 Å². The van der Waals surface area contributed by atoms with Crippen molar-refractivity contribution in [2.75, 3.05) is 0 Å². The van der Waals surface area contributed by atoms with E-state index in [9.17, 15) is 4.79 Å². The van der Waals surface area contributed by atoms with Crippen LogP contribution in [0, 0.1) is 0 Å². The molecule has 0 spiro atoms. The van der Waals surface area contributed by atoms with E-state index in [4.69, 9.17) is 5.73 Å². The number of nitrogens with two attached hydrogens (primary N) is 1. The second-order valence-electron chi connectivity index (χ2n) is 5.50. The van der Waals surface area contributed by atoms with Crippen LogP contribution in [-0.2, 0) is 17.6 Å². The highest BCUT2D eigenvalue weighted by Crippen LogP contribution is 2.25. The first kappa shape index (κ1) is 15.2. The van der Waals surface area contributed by atoms with Gasteiger partial charge in [0.1, 0.15) is 0 Å². The molecule has 1 unspecified atom stereocenters. The predicted molar refractivity (Wildman–Crippen MR) is 84.9 cm³/mol. The van der Waals surface area contributed by atoms with Crippen LogP contribution in [0.15, 0.2) is 48.8 Å². The number of rotatable bonds is 7. The highest BCUT2D eigenvalue weighted by molar-refractivity contribution is 5.77. The maximum atomic E-state index is 11.2. The summed E-state index contributed by atoms with van der Waals surface area (Å²) in [6, 6.07) is 12.2. The average molecular weight is 282 g/mol. The third-order valence-electron chi connectivity index (χ3n) is 3.78. The Hall–Kier alpha value is -2.16. The van der Waals surface area contributed by atoms with Gasteiger partial charge in [-0.3, -0.25) is 9.78 Å². The Bertz CT molecular complexity index is 581. The number of aryl methyl sites for hydroxylation is 1. The number of aromatic nitrogens is 1. The van der Waals surface area contributed by atoms with E-state index < -0.39 is 0 Å². The summed E-state index contributed by atoms with van der Waals surface area (Å²) in [5.41, 5.74) is 8.89. The van der Waals surface area contributed by atoms with Crippen LogP contribution in [0.2, 0.25) is 0 Å². The van der Waals surface area contributed by atoms with Crippen molar-refractivity contribution in [3.05, 3.63) is 65.5 Å². The molecular formula is C18H22N2O. The number of carbonyl (C=O) groups is 1. The molecule has 0 saturated heterocycles. The number of carbonyl (C=O) groups excluding carboxylic acids is 1. The minimum Gasteiger partial charge on any atom is -0.369 e. The number of amides is 1. The van der Waals surface area contributed by atoms with Crippen molar-refractivity contribution < 1.29 is 4.79 Å². The van der Waals surface area contributed by atoms with Gasteiger partial charge in [0.2, 0.25) is 5.91 Å². The van der Waals surface area contributed by atoms with Crippen LogP contribution in [0.5, 0.6) is 0 Å². The SMILES string of the molecule is CC(CCCc1cccnc1)c1ccccc1CC(N)=O. The lowest BCUT2D eigenvalue weighted by Gasteiger charge is -2.16. The quantitative estimate of drug-likeness (QED) is 0.847. The van der Waals surface area contributed by atoms with Gasteiger partial charge in [0.25, 0.3) is 0 Å². The van der Waals surface area contributed by atoms with Crippen LogP contribution in [0.3, 0.4) is 0 Å². The summed E-state index contributed by atoms with van der Waals surface area (Å²) in [5, 5.41) is 0. The molecule has 1 atom stereocenters. The summed E-state index contributed by atoms with van der Waals surface area (Å²) >= 11 is 0. The summed E-state index contributed by atoms with van der Waals surface area (Å²) in [6.45, 7) is 2.21. The van der Waals surface area contributed by atoms with Crippen LogP contribution < -0.4 is 5.73 Å². The molecule has 1 heterocycles. The normalized spacial score (nSPS) is 12.0. The first-order valence-corrected chi connectivity index (χ1v) is 7.42. The molecule has 0 radical (unpaired) electrons. The maximum Gasteiger partial charge on any atom is 0.221 e. The molecule has 0 saturated carbocycles. The Kier molecular flexibility index (Phi) is 5.50. The predicted octanol–water partition coefficient (Wildman–Crippen LogP) is 3.24. The van der Waals surface area contributed by atoms with Crippen molar-refractivity contribution in [1.82, 2.24) is 4.98 Å². The fourth-order valence-electron chi connectivity index (χ4n) is 2.68. The average Bonchev–Trinajstić information content (AvgIpc) is 2.48. The van der Waals surface area contributed by atoms with Crippen LogP contribution in [-0.4, -0.2) is 10.9 Å². The highest BCUT2D eigenvalue weighted by Gasteiger charge is 2.11. The van der Waals surface area contributed by atoms with Crippen LogP contribution in [0.4, 0.5) is 0 Å². The molecule has 2 rings (SSSR count). The minimum absolute atomic E-state index is 0.273. The van der Waals surface area contributed by atoms with Gasteiger partial charge in [-0.05, 0) is 47.9 Å². The second kappa shape index (κ2) is 7.58. The lowest BCUT2D eigenvalue weighted by Crippen LogP contribution is -2.15. The third-order valence-corrected chi connectivity index (χ3v) is 3.78. The molecule has 0 aliphatic rings. The van der Waals surface area contributed by atoms with Crippen LogP contribution in [0.1, 0.15) is 42.4 Å². The van der Waals surface area contributed by atoms with Crippen molar-refractivity contribution >= 4 is 5.91 Å². The molecule has 2 N–H and O–H groups in total. The summed E-state index contributed by atoms with van der Waals surface area (Å²) < 4.78 is 0. The van der Waals surface area contributed by atoms with Crippen molar-refractivity contribution in [3.63, 3.8) is 0 Å². The Labute approximate surface area is 126 Å². The Morgan fingerprint density at radius 1 is 1.24 bits per heavy atom. The van der Waals surface area contributed by atoms with Gasteiger partial charge in [0.15, 0.2) is 0 Å². The third kappa shape index (κ3) is 4.71. The van der Waals surface area contributed by atoms with E-state index in [1.54, 1.807) is 6.20 Å². The van der Waals surface area contributed by atoms with Crippen molar-refractivity contribution in [2.45, 2.75) is 38.5 Å². The topological polar surface area (TPSA) is 56.0 Å². The molecule has 0 aliphatic carbocycles. The van der Waals surface area contributed by atoms with E-state index >= 15 is 0 Å². The molecular weight excluding hydrogens is 260 g/mol. The summed E-state index contributed by atoms with van der Waals surface area (Å²) in [4.78, 5) is 15.3. The van der Waals surface area contributed by atoms with Crippen LogP contribution >= 0.6 is 0 Å². The monoisotopic (exact) mass is 282 g/mol. The number of primary amides is 1. The van der Waals surface area contributed by atoms with Gasteiger partial charge in [-0.25, -0.2) is 0 Å². The fourth-order valence-corrected chi connectivity index (χ4v) is 2.68. The number of hydrogen-bond donors (Lipinski definition) is 1. The van der Waals surface area contributed by atoms with Crippen molar-refractivity contribution in [2.24, 2.45) is 5.73 Å². The van der Waals surface area contributed by atoms with Gasteiger partial charge in [0, 0.05) is 12.4 Å².